The number of rotatable bonds is 13. The standard InChI is InChI=1S/C32H34F3N7O5/c33-32(34,35)31-39-24(41-13-9-19(10-14-41)2-1-3-22-27(29(46)28(22)45)38-18-26(43)44)16-25(40-31)42-15-11-23(42)30(47)37-12-8-20-4-6-21(17-36)7-5-20/h4-7,16,19,23,38H,1-3,8-15,18H2,(H,37,47)(H,43,44)/t23-/m0/s1. The fourth-order valence-electron chi connectivity index (χ4n) is 6.03. The second-order valence-electron chi connectivity index (χ2n) is 11.8. The number of carboxylic acid groups (broad SMARTS) is 1. The molecule has 2 saturated heterocycles. The highest BCUT2D eigenvalue weighted by Gasteiger charge is 2.40. The molecule has 2 aromatic carbocycles. The van der Waals surface area contributed by atoms with Crippen molar-refractivity contribution in [3.63, 3.8) is 0 Å². The van der Waals surface area contributed by atoms with E-state index in [4.69, 9.17) is 10.4 Å². The summed E-state index contributed by atoms with van der Waals surface area (Å²) in [5.74, 6) is -2.26. The quantitative estimate of drug-likeness (QED) is 0.232. The van der Waals surface area contributed by atoms with Gasteiger partial charge in [-0.25, -0.2) is 9.97 Å². The molecule has 5 rings (SSSR count). The monoisotopic (exact) mass is 653 g/mol. The van der Waals surface area contributed by atoms with Gasteiger partial charge >= 0.3 is 12.1 Å². The maximum absolute atomic E-state index is 13.9. The maximum Gasteiger partial charge on any atom is 0.451 e. The second kappa shape index (κ2) is 14.2. The van der Waals surface area contributed by atoms with E-state index in [1.165, 1.54) is 6.07 Å². The summed E-state index contributed by atoms with van der Waals surface area (Å²) in [7, 11) is 0. The summed E-state index contributed by atoms with van der Waals surface area (Å²) in [6.07, 6.45) is -0.700. The zero-order valence-corrected chi connectivity index (χ0v) is 25.5. The molecule has 0 bridgehead atoms. The van der Waals surface area contributed by atoms with Gasteiger partial charge in [-0.1, -0.05) is 12.1 Å². The van der Waals surface area contributed by atoms with Gasteiger partial charge in [0.2, 0.25) is 22.6 Å². The highest BCUT2D eigenvalue weighted by atomic mass is 19.4. The van der Waals surface area contributed by atoms with Crippen molar-refractivity contribution in [2.45, 2.75) is 57.2 Å². The number of aliphatic carboxylic acids is 1. The SMILES string of the molecule is N#Cc1ccc(CCNC(=O)[C@@H]2CCN2c2cc(N3CCC(CCCc4c(NCC(=O)O)c(=O)c4=O)CC3)nc(C(F)(F)F)n2)cc1. The Morgan fingerprint density at radius 3 is 2.32 bits per heavy atom. The van der Waals surface area contributed by atoms with Gasteiger partial charge in [0, 0.05) is 37.8 Å². The number of carboxylic acids is 1. The van der Waals surface area contributed by atoms with Crippen LogP contribution in [0.2, 0.25) is 0 Å². The lowest BCUT2D eigenvalue weighted by molar-refractivity contribution is -0.144. The van der Waals surface area contributed by atoms with E-state index in [2.05, 4.69) is 20.6 Å². The van der Waals surface area contributed by atoms with Crippen molar-refractivity contribution in [1.29, 1.82) is 5.26 Å². The number of carbonyl (C=O) groups is 2. The van der Waals surface area contributed by atoms with E-state index in [-0.39, 0.29) is 29.1 Å². The van der Waals surface area contributed by atoms with Gasteiger partial charge in [0.1, 0.15) is 24.2 Å². The minimum absolute atomic E-state index is 0.0447. The van der Waals surface area contributed by atoms with E-state index < -0.39 is 41.4 Å². The van der Waals surface area contributed by atoms with Crippen LogP contribution in [0.4, 0.5) is 30.5 Å². The molecule has 1 amide bonds. The number of anilines is 3. The number of nitrogens with zero attached hydrogens (tertiary/aromatic N) is 5. The average Bonchev–Trinajstić information content (AvgIpc) is 3.03. The van der Waals surface area contributed by atoms with Crippen LogP contribution in [0.5, 0.6) is 0 Å². The third-order valence-corrected chi connectivity index (χ3v) is 8.77. The summed E-state index contributed by atoms with van der Waals surface area (Å²) in [5.41, 5.74) is 0.549. The zero-order valence-electron chi connectivity index (χ0n) is 25.5. The second-order valence-corrected chi connectivity index (χ2v) is 11.8. The molecule has 0 unspecified atom stereocenters. The maximum atomic E-state index is 13.9. The van der Waals surface area contributed by atoms with Gasteiger partial charge < -0.3 is 25.5 Å². The van der Waals surface area contributed by atoms with Crippen molar-refractivity contribution in [3.05, 3.63) is 73.3 Å². The van der Waals surface area contributed by atoms with Crippen molar-refractivity contribution in [2.24, 2.45) is 5.92 Å². The first-order chi connectivity index (χ1) is 22.4. The van der Waals surface area contributed by atoms with Crippen molar-refractivity contribution in [3.8, 4) is 6.07 Å². The number of halogens is 3. The molecule has 0 radical (unpaired) electrons. The van der Waals surface area contributed by atoms with Gasteiger partial charge in [0.15, 0.2) is 0 Å². The Balaban J connectivity index is 1.16. The number of amides is 1. The molecular weight excluding hydrogens is 619 g/mol. The Bertz CT molecular complexity index is 1720. The molecule has 1 aromatic heterocycles. The van der Waals surface area contributed by atoms with Gasteiger partial charge in [-0.3, -0.25) is 19.2 Å². The van der Waals surface area contributed by atoms with Crippen molar-refractivity contribution < 1.29 is 27.9 Å². The Labute approximate surface area is 267 Å². The van der Waals surface area contributed by atoms with E-state index in [9.17, 15) is 32.3 Å². The number of benzene rings is 1. The van der Waals surface area contributed by atoms with E-state index in [1.807, 2.05) is 18.2 Å². The van der Waals surface area contributed by atoms with Crippen molar-refractivity contribution in [1.82, 2.24) is 15.3 Å². The number of hydrogen-bond acceptors (Lipinski definition) is 10. The molecule has 1 atom stereocenters. The minimum Gasteiger partial charge on any atom is -0.480 e. The molecule has 0 spiro atoms. The summed E-state index contributed by atoms with van der Waals surface area (Å²) in [6, 6.07) is 9.90. The smallest absolute Gasteiger partial charge is 0.451 e. The van der Waals surface area contributed by atoms with Crippen LogP contribution >= 0.6 is 0 Å². The molecule has 0 saturated carbocycles. The number of nitrogens with one attached hydrogen (secondary N) is 2. The molecule has 248 valence electrons. The van der Waals surface area contributed by atoms with Gasteiger partial charge in [-0.2, -0.15) is 18.4 Å². The molecule has 12 nitrogen and oxygen atoms in total. The zero-order chi connectivity index (χ0) is 33.7. The number of aromatic nitrogens is 2. The molecule has 0 aliphatic carbocycles. The number of nitriles is 1. The van der Waals surface area contributed by atoms with E-state index in [0.29, 0.717) is 75.8 Å². The van der Waals surface area contributed by atoms with Crippen molar-refractivity contribution >= 4 is 29.2 Å². The number of piperidine rings is 1. The molecule has 2 fully saturated rings. The molecule has 3 heterocycles. The molecule has 3 N–H and O–H groups in total. The molecular formula is C32H34F3N7O5. The fourth-order valence-corrected chi connectivity index (χ4v) is 6.03. The third kappa shape index (κ3) is 7.87. The molecule has 15 heteroatoms. The summed E-state index contributed by atoms with van der Waals surface area (Å²) in [6.45, 7) is 1.18. The molecule has 2 aliphatic heterocycles. The van der Waals surface area contributed by atoms with Crippen LogP contribution in [0, 0.1) is 17.2 Å². The predicted octanol–water partition coefficient (Wildman–Crippen LogP) is 2.64. The summed E-state index contributed by atoms with van der Waals surface area (Å²) in [4.78, 5) is 58.4. The number of carbonyl (C=O) groups excluding carboxylic acids is 1. The van der Waals surface area contributed by atoms with Crippen LogP contribution < -0.4 is 31.3 Å². The van der Waals surface area contributed by atoms with Gasteiger partial charge in [0.25, 0.3) is 0 Å². The first-order valence-corrected chi connectivity index (χ1v) is 15.5. The van der Waals surface area contributed by atoms with E-state index in [0.717, 1.165) is 12.0 Å². The van der Waals surface area contributed by atoms with E-state index in [1.54, 1.807) is 21.9 Å². The van der Waals surface area contributed by atoms with Crippen LogP contribution in [0.25, 0.3) is 0 Å². The highest BCUT2D eigenvalue weighted by Crippen LogP contribution is 2.35. The Hall–Kier alpha value is -5.00. The highest BCUT2D eigenvalue weighted by molar-refractivity contribution is 5.86. The lowest BCUT2D eigenvalue weighted by Crippen LogP contribution is -2.57. The number of hydrogen-bond donors (Lipinski definition) is 3. The Morgan fingerprint density at radius 1 is 1.00 bits per heavy atom. The lowest BCUT2D eigenvalue weighted by Gasteiger charge is -2.41. The first-order valence-electron chi connectivity index (χ1n) is 15.5. The lowest BCUT2D eigenvalue weighted by atomic mass is 9.90. The van der Waals surface area contributed by atoms with Crippen LogP contribution in [-0.4, -0.2) is 65.7 Å². The molecule has 3 aromatic rings. The third-order valence-electron chi connectivity index (χ3n) is 8.77. The Morgan fingerprint density at radius 2 is 1.70 bits per heavy atom. The topological polar surface area (TPSA) is 169 Å². The van der Waals surface area contributed by atoms with E-state index >= 15 is 0 Å². The van der Waals surface area contributed by atoms with Gasteiger partial charge in [-0.15, -0.1) is 0 Å². The van der Waals surface area contributed by atoms with Crippen LogP contribution in [0.15, 0.2) is 39.9 Å². The molecule has 47 heavy (non-hydrogen) atoms. The number of alkyl halides is 3. The fraction of sp³-hybridized carbons (Fsp3) is 0.469. The summed E-state index contributed by atoms with van der Waals surface area (Å²) >= 11 is 0. The minimum atomic E-state index is -4.78. The van der Waals surface area contributed by atoms with Gasteiger partial charge in [-0.05, 0) is 68.6 Å². The summed E-state index contributed by atoms with van der Waals surface area (Å²) < 4.78 is 41.6. The Kier molecular flexibility index (Phi) is 10.1. The van der Waals surface area contributed by atoms with Gasteiger partial charge in [0.05, 0.1) is 17.3 Å². The summed E-state index contributed by atoms with van der Waals surface area (Å²) in [5, 5.41) is 23.1. The first kappa shape index (κ1) is 33.4. The van der Waals surface area contributed by atoms with Crippen LogP contribution in [-0.2, 0) is 28.6 Å². The van der Waals surface area contributed by atoms with Crippen molar-refractivity contribution in [2.75, 3.05) is 47.8 Å². The average molecular weight is 654 g/mol. The van der Waals surface area contributed by atoms with Crippen LogP contribution in [0.1, 0.15) is 54.6 Å². The largest absolute Gasteiger partial charge is 0.480 e. The normalized spacial score (nSPS) is 16.9. The predicted molar refractivity (Wildman–Crippen MR) is 166 cm³/mol. The van der Waals surface area contributed by atoms with Crippen LogP contribution in [0.3, 0.4) is 0 Å². The molecule has 2 aliphatic rings.